The molecule has 0 aliphatic carbocycles. The maximum Gasteiger partial charge on any atom is 0.313 e. The molecule has 10 heteroatoms. The van der Waals surface area contributed by atoms with Gasteiger partial charge < -0.3 is 14.8 Å². The van der Waals surface area contributed by atoms with Crippen LogP contribution >= 0.6 is 11.6 Å². The van der Waals surface area contributed by atoms with Gasteiger partial charge in [-0.15, -0.1) is 0 Å². The Kier molecular flexibility index (Phi) is 9.40. The molecule has 1 atom stereocenters. The lowest BCUT2D eigenvalue weighted by Gasteiger charge is -2.33. The molecule has 1 aliphatic heterocycles. The molecule has 0 radical (unpaired) electrons. The van der Waals surface area contributed by atoms with E-state index in [9.17, 15) is 13.2 Å². The number of nitrogens with one attached hydrogen (secondary N) is 1. The molecule has 1 saturated heterocycles. The summed E-state index contributed by atoms with van der Waals surface area (Å²) in [6, 6.07) is 26.1. The monoisotopic (exact) mass is 566 g/mol. The normalized spacial score (nSPS) is 15.3. The fourth-order valence-electron chi connectivity index (χ4n) is 4.40. The summed E-state index contributed by atoms with van der Waals surface area (Å²) >= 11 is 5.93. The molecular formula is C29H31ClN4O4S. The molecule has 4 aromatic rings. The summed E-state index contributed by atoms with van der Waals surface area (Å²) in [5.74, 6) is 0.545. The Hall–Kier alpha value is -3.66. The van der Waals surface area contributed by atoms with Crippen molar-refractivity contribution >= 4 is 33.3 Å². The van der Waals surface area contributed by atoms with E-state index in [0.717, 1.165) is 54.3 Å². The molecule has 0 bridgehead atoms. The summed E-state index contributed by atoms with van der Waals surface area (Å²) in [5.41, 5.74) is 4.23. The topological polar surface area (TPSA) is 105 Å². The van der Waals surface area contributed by atoms with Gasteiger partial charge >= 0.3 is 10.1 Å². The molecule has 39 heavy (non-hydrogen) atoms. The Labute approximate surface area is 234 Å². The molecule has 0 saturated carbocycles. The minimum atomic E-state index is -4.11. The minimum Gasteiger partial charge on any atom is -0.381 e. The third kappa shape index (κ3) is 8.16. The van der Waals surface area contributed by atoms with Gasteiger partial charge in [0.25, 0.3) is 5.91 Å². The van der Waals surface area contributed by atoms with Crippen LogP contribution in [0.15, 0.2) is 96.4 Å². The van der Waals surface area contributed by atoms with E-state index in [-0.39, 0.29) is 10.9 Å². The highest BCUT2D eigenvalue weighted by Gasteiger charge is 2.25. The van der Waals surface area contributed by atoms with Crippen LogP contribution in [0, 0.1) is 0 Å². The van der Waals surface area contributed by atoms with Gasteiger partial charge in [0, 0.05) is 55.1 Å². The van der Waals surface area contributed by atoms with Gasteiger partial charge in [-0.2, -0.15) is 8.42 Å². The zero-order chi connectivity index (χ0) is 27.8. The number of aromatic nitrogens is 2. The molecule has 8 nitrogen and oxygen atoms in total. The minimum absolute atomic E-state index is 0.120. The predicted molar refractivity (Wildman–Crippen MR) is 153 cm³/mol. The lowest BCUT2D eigenvalue weighted by molar-refractivity contribution is 0.0707. The summed E-state index contributed by atoms with van der Waals surface area (Å²) in [7, 11) is -2.50. The number of hydrogen-bond acceptors (Lipinski definition) is 5. The van der Waals surface area contributed by atoms with E-state index in [0.29, 0.717) is 5.92 Å². The Bertz CT molecular complexity index is 1470. The van der Waals surface area contributed by atoms with Gasteiger partial charge in [0.1, 0.15) is 0 Å². The molecule has 5 rings (SSSR count). The van der Waals surface area contributed by atoms with E-state index in [1.165, 1.54) is 22.7 Å². The number of carbonyl (C=O) groups excluding carboxylic acids is 1. The average Bonchev–Trinajstić information content (AvgIpc) is 3.41. The van der Waals surface area contributed by atoms with E-state index in [4.69, 9.17) is 16.2 Å². The van der Waals surface area contributed by atoms with Crippen LogP contribution in [0.2, 0.25) is 5.02 Å². The van der Waals surface area contributed by atoms with Gasteiger partial charge in [0.15, 0.2) is 5.03 Å². The van der Waals surface area contributed by atoms with Crippen molar-refractivity contribution in [3.63, 3.8) is 0 Å². The van der Waals surface area contributed by atoms with Crippen molar-refractivity contribution in [1.29, 1.82) is 0 Å². The highest BCUT2D eigenvalue weighted by atomic mass is 35.5. The van der Waals surface area contributed by atoms with Gasteiger partial charge in [-0.1, -0.05) is 54.1 Å². The number of carbonyl (C=O) groups is 1. The largest absolute Gasteiger partial charge is 0.381 e. The number of nitrogens with zero attached hydrogens (tertiary/aromatic N) is 3. The molecule has 204 valence electrons. The molecule has 1 aliphatic rings. The first-order chi connectivity index (χ1) is 18.7. The number of anilines is 1. The molecule has 2 heterocycles. The van der Waals surface area contributed by atoms with Gasteiger partial charge in [-0.25, -0.2) is 4.98 Å². The van der Waals surface area contributed by atoms with Crippen molar-refractivity contribution in [3.05, 3.63) is 113 Å². The molecule has 3 aromatic carbocycles. The lowest BCUT2D eigenvalue weighted by Crippen LogP contribution is -2.39. The molecule has 2 N–H and O–H groups in total. The van der Waals surface area contributed by atoms with Crippen LogP contribution in [-0.4, -0.2) is 46.4 Å². The summed E-state index contributed by atoms with van der Waals surface area (Å²) in [6.07, 6.45) is 4.70. The second-order valence-corrected chi connectivity index (χ2v) is 11.2. The molecule has 1 unspecified atom stereocenters. The Balaban J connectivity index is 0.000000298. The van der Waals surface area contributed by atoms with Crippen molar-refractivity contribution in [2.45, 2.75) is 30.3 Å². The number of benzene rings is 3. The van der Waals surface area contributed by atoms with E-state index < -0.39 is 10.1 Å². The smallest absolute Gasteiger partial charge is 0.313 e. The summed E-state index contributed by atoms with van der Waals surface area (Å²) in [6.45, 7) is 2.34. The Morgan fingerprint density at radius 3 is 2.33 bits per heavy atom. The molecule has 1 aromatic heterocycles. The fraction of sp³-hybridized carbons (Fsp3) is 0.241. The standard InChI is InChI=1S/C25H25ClN2O.C4H6N2O3S/c26-23-12-8-19(9-13-23)17-27-24-14-10-21(11-15-24)25(29)28-16-4-7-22(18-28)20-5-2-1-3-6-20;1-6-2-4(5-3-6)10(7,8)9/h1-3,5-6,8-15,22,27H,4,7,16-18H2;2-3H,1H3,(H,7,8,9). The van der Waals surface area contributed by atoms with E-state index in [1.54, 1.807) is 7.05 Å². The van der Waals surface area contributed by atoms with Crippen LogP contribution in [0.3, 0.4) is 0 Å². The van der Waals surface area contributed by atoms with Crippen LogP contribution < -0.4 is 5.32 Å². The molecule has 1 amide bonds. The Morgan fingerprint density at radius 2 is 1.74 bits per heavy atom. The van der Waals surface area contributed by atoms with Crippen molar-refractivity contribution in [3.8, 4) is 0 Å². The van der Waals surface area contributed by atoms with Crippen LogP contribution in [0.4, 0.5) is 5.69 Å². The lowest BCUT2D eigenvalue weighted by atomic mass is 9.90. The van der Waals surface area contributed by atoms with E-state index in [1.807, 2.05) is 59.5 Å². The van der Waals surface area contributed by atoms with E-state index in [2.05, 4.69) is 34.6 Å². The second kappa shape index (κ2) is 12.9. The number of hydrogen-bond donors (Lipinski definition) is 2. The number of halogens is 1. The number of imidazole rings is 1. The third-order valence-corrected chi connectivity index (χ3v) is 7.46. The van der Waals surface area contributed by atoms with Crippen LogP contribution in [0.5, 0.6) is 0 Å². The first kappa shape index (κ1) is 28.4. The first-order valence-electron chi connectivity index (χ1n) is 12.6. The van der Waals surface area contributed by atoms with Crippen molar-refractivity contribution in [2.75, 3.05) is 18.4 Å². The van der Waals surface area contributed by atoms with E-state index >= 15 is 0 Å². The number of aryl methyl sites for hydroxylation is 1. The SMILES string of the molecule is Cn1cnc(S(=O)(=O)O)c1.O=C(c1ccc(NCc2ccc(Cl)cc2)cc1)N1CCCC(c2ccccc2)C1. The van der Waals surface area contributed by atoms with Crippen LogP contribution in [-0.2, 0) is 23.7 Å². The first-order valence-corrected chi connectivity index (χ1v) is 14.4. The molecule has 0 spiro atoms. The maximum atomic E-state index is 13.0. The van der Waals surface area contributed by atoms with Gasteiger partial charge in [0.2, 0.25) is 0 Å². The van der Waals surface area contributed by atoms with Gasteiger partial charge in [-0.3, -0.25) is 9.35 Å². The van der Waals surface area contributed by atoms with Gasteiger partial charge in [-0.05, 0) is 60.4 Å². The second-order valence-electron chi connectivity index (χ2n) is 9.41. The zero-order valence-electron chi connectivity index (χ0n) is 21.6. The summed E-state index contributed by atoms with van der Waals surface area (Å²) in [5, 5.41) is 3.80. The quantitative estimate of drug-likeness (QED) is 0.293. The molecule has 1 fully saturated rings. The number of rotatable bonds is 6. The number of piperidine rings is 1. The fourth-order valence-corrected chi connectivity index (χ4v) is 5.01. The maximum absolute atomic E-state index is 13.0. The Morgan fingerprint density at radius 1 is 1.05 bits per heavy atom. The highest BCUT2D eigenvalue weighted by Crippen LogP contribution is 2.27. The van der Waals surface area contributed by atoms with Crippen molar-refractivity contribution < 1.29 is 17.8 Å². The zero-order valence-corrected chi connectivity index (χ0v) is 23.1. The average molecular weight is 567 g/mol. The van der Waals surface area contributed by atoms with Crippen LogP contribution in [0.25, 0.3) is 0 Å². The predicted octanol–water partition coefficient (Wildman–Crippen LogP) is 5.64. The van der Waals surface area contributed by atoms with Crippen molar-refractivity contribution in [2.24, 2.45) is 7.05 Å². The van der Waals surface area contributed by atoms with Gasteiger partial charge in [0.05, 0.1) is 6.33 Å². The molecular weight excluding hydrogens is 536 g/mol. The third-order valence-electron chi connectivity index (χ3n) is 6.47. The van der Waals surface area contributed by atoms with Crippen LogP contribution in [0.1, 0.15) is 40.2 Å². The number of likely N-dealkylation sites (tertiary alicyclic amines) is 1. The van der Waals surface area contributed by atoms with Crippen molar-refractivity contribution in [1.82, 2.24) is 14.5 Å². The number of amides is 1. The summed E-state index contributed by atoms with van der Waals surface area (Å²) in [4.78, 5) is 18.4. The highest BCUT2D eigenvalue weighted by molar-refractivity contribution is 7.85. The summed E-state index contributed by atoms with van der Waals surface area (Å²) < 4.78 is 30.5.